The van der Waals surface area contributed by atoms with Crippen LogP contribution in [0.25, 0.3) is 5.69 Å². The standard InChI is InChI=1S/C20H21N3O3S/c1-13-7-5-6-8-17(13)23-12-21-22-20(23)27-14(2)19(24)16-10-9-15(25-3)11-18(16)26-4/h5-12,14H,1-4H3/t14-/m0/s1. The highest BCUT2D eigenvalue weighted by atomic mass is 32.2. The van der Waals surface area contributed by atoms with Crippen molar-refractivity contribution < 1.29 is 14.3 Å². The van der Waals surface area contributed by atoms with E-state index in [1.54, 1.807) is 31.6 Å². The van der Waals surface area contributed by atoms with Crippen LogP contribution in [0.5, 0.6) is 11.5 Å². The molecule has 3 rings (SSSR count). The summed E-state index contributed by atoms with van der Waals surface area (Å²) in [5.74, 6) is 1.09. The van der Waals surface area contributed by atoms with Crippen LogP contribution in [-0.4, -0.2) is 40.0 Å². The summed E-state index contributed by atoms with van der Waals surface area (Å²) in [5.41, 5.74) is 2.61. The van der Waals surface area contributed by atoms with E-state index in [0.29, 0.717) is 22.2 Å². The smallest absolute Gasteiger partial charge is 0.196 e. The second-order valence-electron chi connectivity index (χ2n) is 5.96. The second-order valence-corrected chi connectivity index (χ2v) is 7.27. The molecule has 0 aliphatic heterocycles. The minimum atomic E-state index is -0.362. The number of Topliss-reactive ketones (excluding diaryl/α,β-unsaturated/α-hetero) is 1. The number of aromatic nitrogens is 3. The number of hydrogen-bond donors (Lipinski definition) is 0. The molecular weight excluding hydrogens is 362 g/mol. The van der Waals surface area contributed by atoms with Gasteiger partial charge in [-0.3, -0.25) is 9.36 Å². The molecule has 0 amide bonds. The zero-order chi connectivity index (χ0) is 19.4. The Kier molecular flexibility index (Phi) is 5.81. The third-order valence-electron chi connectivity index (χ3n) is 4.22. The van der Waals surface area contributed by atoms with E-state index in [2.05, 4.69) is 10.2 Å². The van der Waals surface area contributed by atoms with Crippen LogP contribution in [0, 0.1) is 6.92 Å². The molecule has 1 atom stereocenters. The summed E-state index contributed by atoms with van der Waals surface area (Å²) in [5, 5.41) is 8.52. The monoisotopic (exact) mass is 383 g/mol. The fourth-order valence-corrected chi connectivity index (χ4v) is 3.64. The number of aryl methyl sites for hydroxylation is 1. The van der Waals surface area contributed by atoms with E-state index in [9.17, 15) is 4.79 Å². The fourth-order valence-electron chi connectivity index (χ4n) is 2.74. The van der Waals surface area contributed by atoms with Crippen LogP contribution in [0.3, 0.4) is 0 Å². The van der Waals surface area contributed by atoms with Crippen molar-refractivity contribution in [3.63, 3.8) is 0 Å². The van der Waals surface area contributed by atoms with Crippen LogP contribution in [0.4, 0.5) is 0 Å². The minimum absolute atomic E-state index is 0.0427. The average molecular weight is 383 g/mol. The molecule has 0 saturated carbocycles. The maximum Gasteiger partial charge on any atom is 0.196 e. The molecule has 0 unspecified atom stereocenters. The van der Waals surface area contributed by atoms with E-state index >= 15 is 0 Å². The summed E-state index contributed by atoms with van der Waals surface area (Å²) in [6.45, 7) is 3.88. The Hall–Kier alpha value is -2.80. The molecule has 6 nitrogen and oxygen atoms in total. The van der Waals surface area contributed by atoms with Gasteiger partial charge in [-0.15, -0.1) is 10.2 Å². The van der Waals surface area contributed by atoms with Crippen LogP contribution < -0.4 is 9.47 Å². The zero-order valence-electron chi connectivity index (χ0n) is 15.7. The van der Waals surface area contributed by atoms with Gasteiger partial charge in [0.2, 0.25) is 0 Å². The number of methoxy groups -OCH3 is 2. The summed E-state index contributed by atoms with van der Waals surface area (Å²) >= 11 is 1.37. The molecule has 140 valence electrons. The van der Waals surface area contributed by atoms with Crippen LogP contribution in [0.2, 0.25) is 0 Å². The van der Waals surface area contributed by atoms with Crippen molar-refractivity contribution in [1.82, 2.24) is 14.8 Å². The van der Waals surface area contributed by atoms with Crippen LogP contribution in [0.15, 0.2) is 53.9 Å². The van der Waals surface area contributed by atoms with E-state index in [4.69, 9.17) is 9.47 Å². The molecule has 0 saturated heterocycles. The van der Waals surface area contributed by atoms with Crippen LogP contribution in [0.1, 0.15) is 22.8 Å². The first-order valence-corrected chi connectivity index (χ1v) is 9.32. The van der Waals surface area contributed by atoms with Gasteiger partial charge in [0, 0.05) is 6.07 Å². The quantitative estimate of drug-likeness (QED) is 0.454. The lowest BCUT2D eigenvalue weighted by molar-refractivity contribution is 0.0991. The number of benzene rings is 2. The van der Waals surface area contributed by atoms with E-state index in [1.807, 2.05) is 42.7 Å². The van der Waals surface area contributed by atoms with Gasteiger partial charge in [-0.2, -0.15) is 0 Å². The van der Waals surface area contributed by atoms with Gasteiger partial charge >= 0.3 is 0 Å². The Balaban J connectivity index is 1.85. The SMILES string of the molecule is COc1ccc(C(=O)[C@H](C)Sc2nncn2-c2ccccc2C)c(OC)c1. The molecule has 0 fully saturated rings. The number of thioether (sulfide) groups is 1. The van der Waals surface area contributed by atoms with Gasteiger partial charge in [-0.05, 0) is 37.6 Å². The summed E-state index contributed by atoms with van der Waals surface area (Å²) < 4.78 is 12.5. The molecule has 0 bridgehead atoms. The molecule has 3 aromatic rings. The van der Waals surface area contributed by atoms with Crippen LogP contribution >= 0.6 is 11.8 Å². The highest BCUT2D eigenvalue weighted by Crippen LogP contribution is 2.31. The van der Waals surface area contributed by atoms with E-state index in [-0.39, 0.29) is 11.0 Å². The zero-order valence-corrected chi connectivity index (χ0v) is 16.5. The molecule has 0 aliphatic carbocycles. The lowest BCUT2D eigenvalue weighted by Crippen LogP contribution is -2.15. The Morgan fingerprint density at radius 2 is 1.93 bits per heavy atom. The Labute approximate surface area is 162 Å². The first kappa shape index (κ1) is 19.0. The normalized spacial score (nSPS) is 11.9. The largest absolute Gasteiger partial charge is 0.497 e. The second kappa shape index (κ2) is 8.26. The van der Waals surface area contributed by atoms with Crippen molar-refractivity contribution in [1.29, 1.82) is 0 Å². The fraction of sp³-hybridized carbons (Fsp3) is 0.250. The molecule has 7 heteroatoms. The number of nitrogens with zero attached hydrogens (tertiary/aromatic N) is 3. The number of rotatable bonds is 7. The third kappa shape index (κ3) is 3.98. The molecule has 27 heavy (non-hydrogen) atoms. The molecule has 0 radical (unpaired) electrons. The maximum atomic E-state index is 13.0. The van der Waals surface area contributed by atoms with E-state index in [0.717, 1.165) is 11.3 Å². The number of ketones is 1. The molecule has 2 aromatic carbocycles. The first-order chi connectivity index (χ1) is 13.0. The Morgan fingerprint density at radius 1 is 1.15 bits per heavy atom. The van der Waals surface area contributed by atoms with Crippen molar-refractivity contribution in [3.8, 4) is 17.2 Å². The number of ether oxygens (including phenoxy) is 2. The van der Waals surface area contributed by atoms with E-state index in [1.165, 1.54) is 18.9 Å². The number of carbonyl (C=O) groups is 1. The van der Waals surface area contributed by atoms with Gasteiger partial charge in [-0.25, -0.2) is 0 Å². The summed E-state index contributed by atoms with van der Waals surface area (Å²) in [4.78, 5) is 13.0. The Morgan fingerprint density at radius 3 is 2.63 bits per heavy atom. The summed E-state index contributed by atoms with van der Waals surface area (Å²) in [6.07, 6.45) is 1.66. The summed E-state index contributed by atoms with van der Waals surface area (Å²) in [7, 11) is 3.12. The molecule has 1 heterocycles. The molecular formula is C20H21N3O3S. The lowest BCUT2D eigenvalue weighted by Gasteiger charge is -2.14. The van der Waals surface area contributed by atoms with Gasteiger partial charge in [0.1, 0.15) is 17.8 Å². The van der Waals surface area contributed by atoms with Crippen molar-refractivity contribution >= 4 is 17.5 Å². The minimum Gasteiger partial charge on any atom is -0.497 e. The highest BCUT2D eigenvalue weighted by Gasteiger charge is 2.23. The first-order valence-electron chi connectivity index (χ1n) is 8.44. The van der Waals surface area contributed by atoms with Gasteiger partial charge in [0.25, 0.3) is 0 Å². The van der Waals surface area contributed by atoms with Gasteiger partial charge in [-0.1, -0.05) is 30.0 Å². The maximum absolute atomic E-state index is 13.0. The third-order valence-corrected chi connectivity index (χ3v) is 5.27. The molecule has 0 N–H and O–H groups in total. The number of carbonyl (C=O) groups excluding carboxylic acids is 1. The van der Waals surface area contributed by atoms with Gasteiger partial charge in [0.15, 0.2) is 10.9 Å². The van der Waals surface area contributed by atoms with Crippen LogP contribution in [-0.2, 0) is 0 Å². The van der Waals surface area contributed by atoms with Gasteiger partial charge in [0.05, 0.1) is 30.7 Å². The van der Waals surface area contributed by atoms with Crippen molar-refractivity contribution in [2.45, 2.75) is 24.3 Å². The number of hydrogen-bond acceptors (Lipinski definition) is 6. The Bertz CT molecular complexity index is 955. The predicted octanol–water partition coefficient (Wildman–Crippen LogP) is 3.96. The topological polar surface area (TPSA) is 66.2 Å². The van der Waals surface area contributed by atoms with Gasteiger partial charge < -0.3 is 9.47 Å². The lowest BCUT2D eigenvalue weighted by atomic mass is 10.1. The summed E-state index contributed by atoms with van der Waals surface area (Å²) in [6, 6.07) is 13.2. The molecule has 0 spiro atoms. The van der Waals surface area contributed by atoms with Crippen molar-refractivity contribution in [2.75, 3.05) is 14.2 Å². The number of para-hydroxylation sites is 1. The van der Waals surface area contributed by atoms with Crippen molar-refractivity contribution in [2.24, 2.45) is 0 Å². The molecule has 0 aliphatic rings. The highest BCUT2D eigenvalue weighted by molar-refractivity contribution is 8.00. The van der Waals surface area contributed by atoms with Crippen molar-refractivity contribution in [3.05, 3.63) is 59.9 Å². The predicted molar refractivity (Wildman–Crippen MR) is 105 cm³/mol. The average Bonchev–Trinajstić information content (AvgIpc) is 3.15. The molecule has 1 aromatic heterocycles. The van der Waals surface area contributed by atoms with E-state index < -0.39 is 0 Å².